The van der Waals surface area contributed by atoms with Gasteiger partial charge in [0.05, 0.1) is 18.7 Å². The summed E-state index contributed by atoms with van der Waals surface area (Å²) in [5.41, 5.74) is 0.866. The molecule has 1 N–H and O–H groups in total. The first-order valence-electron chi connectivity index (χ1n) is 6.98. The molecule has 0 unspecified atom stereocenters. The fourth-order valence-corrected chi connectivity index (χ4v) is 1.88. The lowest BCUT2D eigenvalue weighted by molar-refractivity contribution is -0.154. The fraction of sp³-hybridized carbons (Fsp3) is 0.250. The number of halogens is 4. The van der Waals surface area contributed by atoms with Crippen LogP contribution in [0.4, 0.5) is 17.6 Å². The van der Waals surface area contributed by atoms with Gasteiger partial charge in [-0.3, -0.25) is 4.79 Å². The van der Waals surface area contributed by atoms with Crippen LogP contribution in [-0.2, 0) is 17.8 Å². The van der Waals surface area contributed by atoms with Gasteiger partial charge in [-0.15, -0.1) is 0 Å². The summed E-state index contributed by atoms with van der Waals surface area (Å²) in [5, 5.41) is 2.56. The number of nitrogens with zero attached hydrogens (tertiary/aromatic N) is 1. The van der Waals surface area contributed by atoms with Crippen molar-refractivity contribution < 1.29 is 27.1 Å². The van der Waals surface area contributed by atoms with E-state index in [1.165, 1.54) is 30.3 Å². The van der Waals surface area contributed by atoms with Crippen molar-refractivity contribution in [2.45, 2.75) is 19.1 Å². The Labute approximate surface area is 135 Å². The predicted octanol–water partition coefficient (Wildman–Crippen LogP) is 3.02. The van der Waals surface area contributed by atoms with Gasteiger partial charge in [0, 0.05) is 6.07 Å². The number of amides is 1. The van der Waals surface area contributed by atoms with Gasteiger partial charge in [0.25, 0.3) is 0 Å². The molecule has 1 aromatic carbocycles. The van der Waals surface area contributed by atoms with E-state index < -0.39 is 18.6 Å². The Morgan fingerprint density at radius 1 is 1.17 bits per heavy atom. The van der Waals surface area contributed by atoms with Crippen LogP contribution in [0.5, 0.6) is 5.88 Å². The maximum atomic E-state index is 13.0. The van der Waals surface area contributed by atoms with Crippen LogP contribution in [0.15, 0.2) is 42.5 Å². The summed E-state index contributed by atoms with van der Waals surface area (Å²) in [7, 11) is 0. The summed E-state index contributed by atoms with van der Waals surface area (Å²) in [4.78, 5) is 15.7. The summed E-state index contributed by atoms with van der Waals surface area (Å²) in [6.07, 6.45) is -4.46. The van der Waals surface area contributed by atoms with Gasteiger partial charge in [0.1, 0.15) is 5.82 Å². The molecule has 0 fully saturated rings. The highest BCUT2D eigenvalue weighted by Gasteiger charge is 2.28. The second-order valence-corrected chi connectivity index (χ2v) is 4.95. The number of benzene rings is 1. The molecule has 1 heterocycles. The Kier molecular flexibility index (Phi) is 5.73. The summed E-state index contributed by atoms with van der Waals surface area (Å²) < 4.78 is 53.9. The highest BCUT2D eigenvalue weighted by molar-refractivity contribution is 5.78. The molecule has 0 saturated carbocycles. The standard InChI is InChI=1S/C16H14F4N2O2/c17-12-4-1-3-11(7-12)8-14(23)21-9-13-5-2-6-15(22-13)24-10-16(18,19)20/h1-7H,8-10H2,(H,21,23). The van der Waals surface area contributed by atoms with Crippen LogP contribution < -0.4 is 10.1 Å². The average molecular weight is 342 g/mol. The summed E-state index contributed by atoms with van der Waals surface area (Å²) in [6, 6.07) is 9.97. The highest BCUT2D eigenvalue weighted by Crippen LogP contribution is 2.17. The molecule has 0 saturated heterocycles. The summed E-state index contributed by atoms with van der Waals surface area (Å²) in [6.45, 7) is -1.41. The van der Waals surface area contributed by atoms with Crippen LogP contribution in [0, 0.1) is 5.82 Å². The number of nitrogens with one attached hydrogen (secondary N) is 1. The van der Waals surface area contributed by atoms with E-state index in [1.807, 2.05) is 0 Å². The van der Waals surface area contributed by atoms with E-state index in [2.05, 4.69) is 15.0 Å². The Balaban J connectivity index is 1.86. The number of carbonyl (C=O) groups is 1. The summed E-state index contributed by atoms with van der Waals surface area (Å²) in [5.74, 6) is -0.968. The lowest BCUT2D eigenvalue weighted by Gasteiger charge is -2.10. The number of carbonyl (C=O) groups excluding carboxylic acids is 1. The maximum Gasteiger partial charge on any atom is 0.422 e. The Morgan fingerprint density at radius 2 is 1.92 bits per heavy atom. The molecule has 1 amide bonds. The Bertz CT molecular complexity index is 704. The number of aromatic nitrogens is 1. The molecule has 0 radical (unpaired) electrons. The van der Waals surface area contributed by atoms with Crippen molar-refractivity contribution in [3.05, 3.63) is 59.5 Å². The first-order valence-corrected chi connectivity index (χ1v) is 6.98. The topological polar surface area (TPSA) is 51.2 Å². The molecule has 2 rings (SSSR count). The lowest BCUT2D eigenvalue weighted by Crippen LogP contribution is -2.25. The zero-order chi connectivity index (χ0) is 17.6. The molecule has 128 valence electrons. The van der Waals surface area contributed by atoms with Gasteiger partial charge in [-0.25, -0.2) is 9.37 Å². The number of pyridine rings is 1. The van der Waals surface area contributed by atoms with Crippen LogP contribution >= 0.6 is 0 Å². The minimum absolute atomic E-state index is 0.0119. The van der Waals surface area contributed by atoms with Crippen molar-refractivity contribution >= 4 is 5.91 Å². The summed E-state index contributed by atoms with van der Waals surface area (Å²) >= 11 is 0. The van der Waals surface area contributed by atoms with E-state index in [0.29, 0.717) is 11.3 Å². The number of alkyl halides is 3. The number of ether oxygens (including phenoxy) is 1. The molecule has 0 aliphatic heterocycles. The highest BCUT2D eigenvalue weighted by atomic mass is 19.4. The first kappa shape index (κ1) is 17.7. The third-order valence-electron chi connectivity index (χ3n) is 2.89. The van der Waals surface area contributed by atoms with Crippen molar-refractivity contribution in [1.29, 1.82) is 0 Å². The van der Waals surface area contributed by atoms with E-state index >= 15 is 0 Å². The molecule has 2 aromatic rings. The first-order chi connectivity index (χ1) is 11.3. The van der Waals surface area contributed by atoms with Crippen molar-refractivity contribution in [3.63, 3.8) is 0 Å². The van der Waals surface area contributed by atoms with Crippen LogP contribution in [0.25, 0.3) is 0 Å². The third-order valence-corrected chi connectivity index (χ3v) is 2.89. The van der Waals surface area contributed by atoms with Gasteiger partial charge < -0.3 is 10.1 Å². The quantitative estimate of drug-likeness (QED) is 0.821. The van der Waals surface area contributed by atoms with Crippen molar-refractivity contribution in [2.75, 3.05) is 6.61 Å². The normalized spacial score (nSPS) is 11.2. The van der Waals surface area contributed by atoms with Crippen molar-refractivity contribution in [1.82, 2.24) is 10.3 Å². The van der Waals surface area contributed by atoms with Crippen LogP contribution in [-0.4, -0.2) is 23.7 Å². The minimum Gasteiger partial charge on any atom is -0.468 e. The van der Waals surface area contributed by atoms with Crippen LogP contribution in [0.3, 0.4) is 0 Å². The largest absolute Gasteiger partial charge is 0.468 e. The molecule has 0 spiro atoms. The van der Waals surface area contributed by atoms with Gasteiger partial charge >= 0.3 is 6.18 Å². The number of rotatable bonds is 6. The van der Waals surface area contributed by atoms with Gasteiger partial charge in [-0.1, -0.05) is 18.2 Å². The maximum absolute atomic E-state index is 13.0. The number of hydrogen-bond acceptors (Lipinski definition) is 3. The second kappa shape index (κ2) is 7.76. The van der Waals surface area contributed by atoms with Gasteiger partial charge in [-0.05, 0) is 23.8 Å². The predicted molar refractivity (Wildman–Crippen MR) is 77.7 cm³/mol. The molecule has 4 nitrogen and oxygen atoms in total. The Hall–Kier alpha value is -2.64. The fourth-order valence-electron chi connectivity index (χ4n) is 1.88. The van der Waals surface area contributed by atoms with Gasteiger partial charge in [0.2, 0.25) is 11.8 Å². The lowest BCUT2D eigenvalue weighted by atomic mass is 10.1. The molecule has 8 heteroatoms. The second-order valence-electron chi connectivity index (χ2n) is 4.95. The molecular weight excluding hydrogens is 328 g/mol. The third kappa shape index (κ3) is 6.23. The van der Waals surface area contributed by atoms with Crippen molar-refractivity contribution in [3.8, 4) is 5.88 Å². The SMILES string of the molecule is O=C(Cc1cccc(F)c1)NCc1cccc(OCC(F)(F)F)n1. The minimum atomic E-state index is -4.45. The molecule has 0 aliphatic carbocycles. The van der Waals surface area contributed by atoms with Crippen molar-refractivity contribution in [2.24, 2.45) is 0 Å². The molecule has 0 atom stereocenters. The molecule has 1 aromatic heterocycles. The Morgan fingerprint density at radius 3 is 2.62 bits per heavy atom. The average Bonchev–Trinajstić information content (AvgIpc) is 2.51. The van der Waals surface area contributed by atoms with E-state index in [0.717, 1.165) is 0 Å². The molecule has 0 aliphatic rings. The monoisotopic (exact) mass is 342 g/mol. The van der Waals surface area contributed by atoms with E-state index in [4.69, 9.17) is 0 Å². The zero-order valence-corrected chi connectivity index (χ0v) is 12.4. The van der Waals surface area contributed by atoms with Crippen LogP contribution in [0.2, 0.25) is 0 Å². The smallest absolute Gasteiger partial charge is 0.422 e. The van der Waals surface area contributed by atoms with Gasteiger partial charge in [-0.2, -0.15) is 13.2 Å². The number of hydrogen-bond donors (Lipinski definition) is 1. The van der Waals surface area contributed by atoms with Gasteiger partial charge in [0.15, 0.2) is 6.61 Å². The zero-order valence-electron chi connectivity index (χ0n) is 12.4. The van der Waals surface area contributed by atoms with Crippen LogP contribution in [0.1, 0.15) is 11.3 Å². The van der Waals surface area contributed by atoms with E-state index in [-0.39, 0.29) is 24.8 Å². The van der Waals surface area contributed by atoms with E-state index in [9.17, 15) is 22.4 Å². The molecular formula is C16H14F4N2O2. The molecule has 0 bridgehead atoms. The van der Waals surface area contributed by atoms with E-state index in [1.54, 1.807) is 12.1 Å². The molecule has 24 heavy (non-hydrogen) atoms.